The average molecular weight is 271 g/mol. The van der Waals surface area contributed by atoms with E-state index in [4.69, 9.17) is 10.5 Å². The van der Waals surface area contributed by atoms with Gasteiger partial charge in [-0.1, -0.05) is 18.2 Å². The lowest BCUT2D eigenvalue weighted by molar-refractivity contribution is 0.254. The lowest BCUT2D eigenvalue weighted by atomic mass is 9.96. The van der Waals surface area contributed by atoms with E-state index in [-0.39, 0.29) is 18.0 Å². The molecular formula is C17H18FNO. The molecule has 0 radical (unpaired) electrons. The van der Waals surface area contributed by atoms with Gasteiger partial charge >= 0.3 is 0 Å². The van der Waals surface area contributed by atoms with Crippen molar-refractivity contribution in [3.63, 3.8) is 0 Å². The van der Waals surface area contributed by atoms with Crippen molar-refractivity contribution < 1.29 is 9.13 Å². The summed E-state index contributed by atoms with van der Waals surface area (Å²) < 4.78 is 19.2. The van der Waals surface area contributed by atoms with Gasteiger partial charge in [0.15, 0.2) is 0 Å². The van der Waals surface area contributed by atoms with Crippen LogP contribution in [0.5, 0.6) is 5.75 Å². The molecule has 0 spiro atoms. The lowest BCUT2D eigenvalue weighted by Crippen LogP contribution is -2.12. The minimum absolute atomic E-state index is 0.216. The van der Waals surface area contributed by atoms with Gasteiger partial charge in [0.25, 0.3) is 0 Å². The van der Waals surface area contributed by atoms with Crippen LogP contribution in [0.25, 0.3) is 0 Å². The Morgan fingerprint density at radius 2 is 2.00 bits per heavy atom. The minimum Gasteiger partial charge on any atom is -0.490 e. The summed E-state index contributed by atoms with van der Waals surface area (Å²) in [6, 6.07) is 10.6. The fraction of sp³-hybridized carbons (Fsp3) is 0.294. The topological polar surface area (TPSA) is 35.2 Å². The zero-order chi connectivity index (χ0) is 14.3. The largest absolute Gasteiger partial charge is 0.490 e. The van der Waals surface area contributed by atoms with Crippen molar-refractivity contribution in [3.8, 4) is 5.75 Å². The number of rotatable bonds is 2. The highest BCUT2D eigenvalue weighted by molar-refractivity contribution is 5.44. The molecule has 1 aliphatic heterocycles. The predicted molar refractivity (Wildman–Crippen MR) is 77.4 cm³/mol. The highest BCUT2D eigenvalue weighted by Gasteiger charge is 2.20. The third kappa shape index (κ3) is 2.41. The molecular weight excluding hydrogens is 253 g/mol. The van der Waals surface area contributed by atoms with Crippen LogP contribution in [-0.2, 0) is 6.42 Å². The monoisotopic (exact) mass is 271 g/mol. The fourth-order valence-electron chi connectivity index (χ4n) is 2.77. The van der Waals surface area contributed by atoms with Gasteiger partial charge in [-0.3, -0.25) is 0 Å². The minimum atomic E-state index is -0.314. The van der Waals surface area contributed by atoms with E-state index in [1.165, 1.54) is 17.7 Å². The van der Waals surface area contributed by atoms with Crippen molar-refractivity contribution >= 4 is 0 Å². The molecule has 0 aliphatic carbocycles. The van der Waals surface area contributed by atoms with Crippen LogP contribution < -0.4 is 10.5 Å². The average Bonchev–Trinajstić information content (AvgIpc) is 2.75. The zero-order valence-corrected chi connectivity index (χ0v) is 11.7. The third-order valence-corrected chi connectivity index (χ3v) is 3.70. The Morgan fingerprint density at radius 1 is 1.20 bits per heavy atom. The van der Waals surface area contributed by atoms with Crippen LogP contribution in [0.4, 0.5) is 4.39 Å². The number of ether oxygens (including phenoxy) is 1. The van der Waals surface area contributed by atoms with Gasteiger partial charge in [0.1, 0.15) is 17.7 Å². The van der Waals surface area contributed by atoms with Gasteiger partial charge in [-0.2, -0.15) is 0 Å². The van der Waals surface area contributed by atoms with Gasteiger partial charge in [-0.05, 0) is 54.3 Å². The Morgan fingerprint density at radius 3 is 2.75 bits per heavy atom. The van der Waals surface area contributed by atoms with Crippen LogP contribution in [0, 0.1) is 12.7 Å². The van der Waals surface area contributed by atoms with E-state index in [0.717, 1.165) is 28.9 Å². The fourth-order valence-corrected chi connectivity index (χ4v) is 2.77. The number of halogens is 1. The maximum absolute atomic E-state index is 13.5. The summed E-state index contributed by atoms with van der Waals surface area (Å²) in [6.45, 7) is 3.92. The predicted octanol–water partition coefficient (Wildman–Crippen LogP) is 3.51. The highest BCUT2D eigenvalue weighted by Crippen LogP contribution is 2.32. The Hall–Kier alpha value is -1.87. The van der Waals surface area contributed by atoms with E-state index in [1.54, 1.807) is 0 Å². The van der Waals surface area contributed by atoms with E-state index in [1.807, 2.05) is 25.1 Å². The van der Waals surface area contributed by atoms with Crippen molar-refractivity contribution in [1.82, 2.24) is 0 Å². The number of aryl methyl sites for hydroxylation is 1. The van der Waals surface area contributed by atoms with Crippen LogP contribution in [0.3, 0.4) is 0 Å². The first-order valence-electron chi connectivity index (χ1n) is 6.85. The molecule has 1 aliphatic rings. The van der Waals surface area contributed by atoms with Gasteiger partial charge in [-0.25, -0.2) is 4.39 Å². The molecule has 0 bridgehead atoms. The number of hydrogen-bond acceptors (Lipinski definition) is 2. The summed E-state index contributed by atoms with van der Waals surface area (Å²) in [5, 5.41) is 0. The lowest BCUT2D eigenvalue weighted by Gasteiger charge is -2.14. The van der Waals surface area contributed by atoms with E-state index in [9.17, 15) is 4.39 Å². The summed E-state index contributed by atoms with van der Waals surface area (Å²) in [6.07, 6.45) is 1.12. The molecule has 20 heavy (non-hydrogen) atoms. The first kappa shape index (κ1) is 13.1. The van der Waals surface area contributed by atoms with Crippen molar-refractivity contribution in [2.75, 3.05) is 0 Å². The maximum atomic E-state index is 13.5. The summed E-state index contributed by atoms with van der Waals surface area (Å²) in [5.74, 6) is 0.692. The Labute approximate surface area is 118 Å². The van der Waals surface area contributed by atoms with E-state index in [0.29, 0.717) is 0 Å². The standard InChI is InChI=1S/C17H18FNO/c1-10-5-14(9-15(18)6-10)17(19)12-3-4-16-13(8-12)7-11(2)20-16/h3-6,8-9,11,17H,7,19H2,1-2H3. The number of fused-ring (bicyclic) bond motifs is 1. The quantitative estimate of drug-likeness (QED) is 0.907. The summed E-state index contributed by atoms with van der Waals surface area (Å²) in [7, 11) is 0. The molecule has 2 aromatic carbocycles. The molecule has 2 N–H and O–H groups in total. The first-order chi connectivity index (χ1) is 9.52. The van der Waals surface area contributed by atoms with Gasteiger partial charge < -0.3 is 10.5 Å². The normalized spacial score (nSPS) is 18.5. The van der Waals surface area contributed by atoms with Crippen LogP contribution in [-0.4, -0.2) is 6.10 Å². The molecule has 0 saturated heterocycles. The second kappa shape index (κ2) is 4.91. The molecule has 2 unspecified atom stereocenters. The molecule has 2 aromatic rings. The molecule has 0 amide bonds. The van der Waals surface area contributed by atoms with Crippen molar-refractivity contribution in [1.29, 1.82) is 0 Å². The van der Waals surface area contributed by atoms with Crippen LogP contribution in [0.2, 0.25) is 0 Å². The van der Waals surface area contributed by atoms with Crippen LogP contribution >= 0.6 is 0 Å². The molecule has 2 atom stereocenters. The van der Waals surface area contributed by atoms with Gasteiger partial charge in [-0.15, -0.1) is 0 Å². The van der Waals surface area contributed by atoms with Crippen LogP contribution in [0.15, 0.2) is 36.4 Å². The Bertz CT molecular complexity index is 633. The molecule has 0 fully saturated rings. The third-order valence-electron chi connectivity index (χ3n) is 3.70. The number of nitrogens with two attached hydrogens (primary N) is 1. The van der Waals surface area contributed by atoms with E-state index >= 15 is 0 Å². The first-order valence-corrected chi connectivity index (χ1v) is 6.85. The smallest absolute Gasteiger partial charge is 0.123 e. The summed E-state index contributed by atoms with van der Waals surface area (Å²) in [5.41, 5.74) is 10.1. The molecule has 0 saturated carbocycles. The van der Waals surface area contributed by atoms with Crippen molar-refractivity contribution in [2.24, 2.45) is 5.73 Å². The molecule has 104 valence electrons. The van der Waals surface area contributed by atoms with Crippen molar-refractivity contribution in [3.05, 3.63) is 64.5 Å². The second-order valence-electron chi connectivity index (χ2n) is 5.54. The SMILES string of the molecule is Cc1cc(F)cc(C(N)c2ccc3c(c2)CC(C)O3)c1. The number of hydrogen-bond donors (Lipinski definition) is 1. The van der Waals surface area contributed by atoms with Gasteiger partial charge in [0.2, 0.25) is 0 Å². The van der Waals surface area contributed by atoms with E-state index < -0.39 is 0 Å². The Balaban J connectivity index is 1.95. The van der Waals surface area contributed by atoms with Crippen molar-refractivity contribution in [2.45, 2.75) is 32.4 Å². The number of benzene rings is 2. The van der Waals surface area contributed by atoms with E-state index in [2.05, 4.69) is 13.0 Å². The molecule has 3 rings (SSSR count). The summed E-state index contributed by atoms with van der Waals surface area (Å²) >= 11 is 0. The summed E-state index contributed by atoms with van der Waals surface area (Å²) in [4.78, 5) is 0. The zero-order valence-electron chi connectivity index (χ0n) is 11.7. The highest BCUT2D eigenvalue weighted by atomic mass is 19.1. The molecule has 3 heteroatoms. The van der Waals surface area contributed by atoms with Gasteiger partial charge in [0, 0.05) is 6.42 Å². The molecule has 2 nitrogen and oxygen atoms in total. The second-order valence-corrected chi connectivity index (χ2v) is 5.54. The molecule has 1 heterocycles. The Kier molecular flexibility index (Phi) is 3.22. The maximum Gasteiger partial charge on any atom is 0.123 e. The van der Waals surface area contributed by atoms with Crippen LogP contribution in [0.1, 0.15) is 35.2 Å². The molecule has 0 aromatic heterocycles. The van der Waals surface area contributed by atoms with Gasteiger partial charge in [0.05, 0.1) is 6.04 Å².